The van der Waals surface area contributed by atoms with Gasteiger partial charge >= 0.3 is 0 Å². The van der Waals surface area contributed by atoms with Gasteiger partial charge in [0.05, 0.1) is 6.61 Å². The predicted octanol–water partition coefficient (Wildman–Crippen LogP) is 2.41. The van der Waals surface area contributed by atoms with Crippen LogP contribution in [0.25, 0.3) is 0 Å². The van der Waals surface area contributed by atoms with Gasteiger partial charge in [0.15, 0.2) is 0 Å². The number of hydrogen-bond acceptors (Lipinski definition) is 3. The lowest BCUT2D eigenvalue weighted by Crippen LogP contribution is -2.22. The van der Waals surface area contributed by atoms with E-state index >= 15 is 0 Å². The summed E-state index contributed by atoms with van der Waals surface area (Å²) < 4.78 is 5.34. The standard InChI is InChI=1S/C12H20N2O/c1-4-15-8-10(3)14-12-7-11(13)6-5-9(12)2/h5-7,10,14H,4,8,13H2,1-3H3. The van der Waals surface area contributed by atoms with Crippen LogP contribution >= 0.6 is 0 Å². The molecule has 0 amide bonds. The molecule has 0 aliphatic carbocycles. The molecule has 0 radical (unpaired) electrons. The van der Waals surface area contributed by atoms with E-state index in [1.165, 1.54) is 5.56 Å². The van der Waals surface area contributed by atoms with Crippen LogP contribution in [-0.4, -0.2) is 19.3 Å². The summed E-state index contributed by atoms with van der Waals surface area (Å²) in [5.41, 5.74) is 8.80. The smallest absolute Gasteiger partial charge is 0.0664 e. The largest absolute Gasteiger partial charge is 0.399 e. The van der Waals surface area contributed by atoms with Crippen molar-refractivity contribution in [2.45, 2.75) is 26.8 Å². The van der Waals surface area contributed by atoms with E-state index in [-0.39, 0.29) is 0 Å². The van der Waals surface area contributed by atoms with Crippen LogP contribution in [0.1, 0.15) is 19.4 Å². The highest BCUT2D eigenvalue weighted by molar-refractivity contribution is 5.59. The Hall–Kier alpha value is -1.22. The van der Waals surface area contributed by atoms with Crippen molar-refractivity contribution in [1.82, 2.24) is 0 Å². The third-order valence-electron chi connectivity index (χ3n) is 2.24. The molecule has 3 nitrogen and oxygen atoms in total. The van der Waals surface area contributed by atoms with Crippen molar-refractivity contribution in [3.05, 3.63) is 23.8 Å². The van der Waals surface area contributed by atoms with E-state index < -0.39 is 0 Å². The van der Waals surface area contributed by atoms with Gasteiger partial charge in [-0.1, -0.05) is 6.07 Å². The van der Waals surface area contributed by atoms with Gasteiger partial charge in [0.1, 0.15) is 0 Å². The second-order valence-corrected chi connectivity index (χ2v) is 3.78. The minimum absolute atomic E-state index is 0.297. The summed E-state index contributed by atoms with van der Waals surface area (Å²) in [6.07, 6.45) is 0. The molecule has 0 aromatic heterocycles. The first-order valence-corrected chi connectivity index (χ1v) is 5.34. The van der Waals surface area contributed by atoms with Crippen molar-refractivity contribution < 1.29 is 4.74 Å². The quantitative estimate of drug-likeness (QED) is 0.730. The van der Waals surface area contributed by atoms with Gasteiger partial charge in [-0.15, -0.1) is 0 Å². The fourth-order valence-corrected chi connectivity index (χ4v) is 1.40. The van der Waals surface area contributed by atoms with E-state index in [0.717, 1.165) is 18.0 Å². The zero-order valence-electron chi connectivity index (χ0n) is 9.71. The van der Waals surface area contributed by atoms with Gasteiger partial charge in [-0.2, -0.15) is 0 Å². The average Bonchev–Trinajstić information content (AvgIpc) is 2.20. The van der Waals surface area contributed by atoms with Crippen molar-refractivity contribution in [3.8, 4) is 0 Å². The van der Waals surface area contributed by atoms with Crippen molar-refractivity contribution in [2.75, 3.05) is 24.3 Å². The molecule has 0 bridgehead atoms. The second-order valence-electron chi connectivity index (χ2n) is 3.78. The van der Waals surface area contributed by atoms with Gasteiger partial charge in [-0.25, -0.2) is 0 Å². The Morgan fingerprint density at radius 2 is 2.20 bits per heavy atom. The Kier molecular flexibility index (Phi) is 4.43. The van der Waals surface area contributed by atoms with E-state index in [4.69, 9.17) is 10.5 Å². The second kappa shape index (κ2) is 5.61. The van der Waals surface area contributed by atoms with Crippen LogP contribution in [0.4, 0.5) is 11.4 Å². The van der Waals surface area contributed by atoms with Crippen LogP contribution in [-0.2, 0) is 4.74 Å². The van der Waals surface area contributed by atoms with Gasteiger partial charge in [0, 0.05) is 24.0 Å². The number of hydrogen-bond donors (Lipinski definition) is 2. The Bertz CT molecular complexity index is 312. The number of nitrogens with two attached hydrogens (primary N) is 1. The molecule has 0 spiro atoms. The van der Waals surface area contributed by atoms with E-state index in [2.05, 4.69) is 19.2 Å². The number of anilines is 2. The predicted molar refractivity (Wildman–Crippen MR) is 65.2 cm³/mol. The number of rotatable bonds is 5. The fourth-order valence-electron chi connectivity index (χ4n) is 1.40. The van der Waals surface area contributed by atoms with Crippen LogP contribution in [0.15, 0.2) is 18.2 Å². The van der Waals surface area contributed by atoms with E-state index in [0.29, 0.717) is 12.6 Å². The SMILES string of the molecule is CCOCC(C)Nc1cc(N)ccc1C. The van der Waals surface area contributed by atoms with Crippen LogP contribution in [0, 0.1) is 6.92 Å². The molecule has 3 heteroatoms. The fraction of sp³-hybridized carbons (Fsp3) is 0.500. The minimum atomic E-state index is 0.297. The van der Waals surface area contributed by atoms with Gasteiger partial charge in [0.2, 0.25) is 0 Å². The Morgan fingerprint density at radius 1 is 1.47 bits per heavy atom. The summed E-state index contributed by atoms with van der Waals surface area (Å²) in [6.45, 7) is 7.62. The van der Waals surface area contributed by atoms with Crippen molar-refractivity contribution in [2.24, 2.45) is 0 Å². The number of nitrogens with one attached hydrogen (secondary N) is 1. The highest BCUT2D eigenvalue weighted by atomic mass is 16.5. The molecule has 1 rings (SSSR count). The molecule has 1 atom stereocenters. The summed E-state index contributed by atoms with van der Waals surface area (Å²) in [5, 5.41) is 3.38. The summed E-state index contributed by atoms with van der Waals surface area (Å²) in [5.74, 6) is 0. The maximum Gasteiger partial charge on any atom is 0.0664 e. The molecule has 0 heterocycles. The molecule has 1 aromatic carbocycles. The summed E-state index contributed by atoms with van der Waals surface area (Å²) in [7, 11) is 0. The van der Waals surface area contributed by atoms with Gasteiger partial charge in [-0.05, 0) is 38.5 Å². The van der Waals surface area contributed by atoms with Gasteiger partial charge < -0.3 is 15.8 Å². The zero-order chi connectivity index (χ0) is 11.3. The first-order chi connectivity index (χ1) is 7.13. The zero-order valence-corrected chi connectivity index (χ0v) is 9.71. The van der Waals surface area contributed by atoms with Gasteiger partial charge in [-0.3, -0.25) is 0 Å². The lowest BCUT2D eigenvalue weighted by atomic mass is 10.1. The molecule has 3 N–H and O–H groups in total. The third kappa shape index (κ3) is 3.80. The van der Waals surface area contributed by atoms with E-state index in [1.54, 1.807) is 0 Å². The monoisotopic (exact) mass is 208 g/mol. The maximum atomic E-state index is 5.73. The Labute approximate surface area is 91.6 Å². The summed E-state index contributed by atoms with van der Waals surface area (Å²) >= 11 is 0. The normalized spacial score (nSPS) is 12.5. The number of nitrogen functional groups attached to an aromatic ring is 1. The third-order valence-corrected chi connectivity index (χ3v) is 2.24. The van der Waals surface area contributed by atoms with Crippen LogP contribution in [0.5, 0.6) is 0 Å². The molecule has 15 heavy (non-hydrogen) atoms. The number of benzene rings is 1. The topological polar surface area (TPSA) is 47.3 Å². The lowest BCUT2D eigenvalue weighted by Gasteiger charge is -2.17. The van der Waals surface area contributed by atoms with Gasteiger partial charge in [0.25, 0.3) is 0 Å². The van der Waals surface area contributed by atoms with Crippen LogP contribution < -0.4 is 11.1 Å². The Morgan fingerprint density at radius 3 is 2.87 bits per heavy atom. The summed E-state index contributed by atoms with van der Waals surface area (Å²) in [6, 6.07) is 6.18. The van der Waals surface area contributed by atoms with Crippen LogP contribution in [0.3, 0.4) is 0 Å². The van der Waals surface area contributed by atoms with E-state index in [9.17, 15) is 0 Å². The average molecular weight is 208 g/mol. The lowest BCUT2D eigenvalue weighted by molar-refractivity contribution is 0.141. The minimum Gasteiger partial charge on any atom is -0.399 e. The maximum absolute atomic E-state index is 5.73. The first-order valence-electron chi connectivity index (χ1n) is 5.34. The molecule has 0 saturated heterocycles. The van der Waals surface area contributed by atoms with Crippen LogP contribution in [0.2, 0.25) is 0 Å². The number of aryl methyl sites for hydroxylation is 1. The molecule has 0 aliphatic heterocycles. The first kappa shape index (κ1) is 11.9. The molecule has 1 unspecified atom stereocenters. The highest BCUT2D eigenvalue weighted by Crippen LogP contribution is 2.18. The molecule has 1 aromatic rings. The molecule has 0 fully saturated rings. The molecular weight excluding hydrogens is 188 g/mol. The van der Waals surface area contributed by atoms with Crippen molar-refractivity contribution in [1.29, 1.82) is 0 Å². The van der Waals surface area contributed by atoms with Crippen molar-refractivity contribution >= 4 is 11.4 Å². The van der Waals surface area contributed by atoms with E-state index in [1.807, 2.05) is 25.1 Å². The number of ether oxygens (including phenoxy) is 1. The molecule has 84 valence electrons. The molecule has 0 aliphatic rings. The van der Waals surface area contributed by atoms with Crippen molar-refractivity contribution in [3.63, 3.8) is 0 Å². The molecule has 0 saturated carbocycles. The Balaban J connectivity index is 2.59. The summed E-state index contributed by atoms with van der Waals surface area (Å²) in [4.78, 5) is 0. The molecular formula is C12H20N2O. The highest BCUT2D eigenvalue weighted by Gasteiger charge is 2.04.